The minimum Gasteiger partial charge on any atom is -0.443 e. The van der Waals surface area contributed by atoms with Crippen molar-refractivity contribution in [3.8, 4) is 34.4 Å². The van der Waals surface area contributed by atoms with Crippen molar-refractivity contribution in [3.63, 3.8) is 0 Å². The van der Waals surface area contributed by atoms with Gasteiger partial charge in [-0.05, 0) is 30.7 Å². The third-order valence-corrected chi connectivity index (χ3v) is 4.29. The van der Waals surface area contributed by atoms with E-state index in [1.54, 1.807) is 6.92 Å². The first kappa shape index (κ1) is 18.6. The van der Waals surface area contributed by atoms with Gasteiger partial charge in [0.15, 0.2) is 17.8 Å². The molecule has 0 spiro atoms. The van der Waals surface area contributed by atoms with Crippen LogP contribution in [0.3, 0.4) is 0 Å². The summed E-state index contributed by atoms with van der Waals surface area (Å²) >= 11 is 0. The van der Waals surface area contributed by atoms with Crippen LogP contribution in [0.25, 0.3) is 34.4 Å². The molecule has 0 aliphatic rings. The standard InChI is InChI=1S/C21H19N5O3/c1-13(22)19(27)23-11-14-6-5-9-16(10-14)18-17(24-12-28-18)21-26-25-20(29-21)15-7-3-2-4-8-15/h2-10,12-13H,11,22H2,1H3,(H,23,27)/t13-/m0/s1. The fraction of sp³-hybridized carbons (Fsp3) is 0.143. The predicted octanol–water partition coefficient (Wildman–Crippen LogP) is 3.02. The number of hydrogen-bond acceptors (Lipinski definition) is 7. The second-order valence-corrected chi connectivity index (χ2v) is 6.52. The van der Waals surface area contributed by atoms with Crippen LogP contribution < -0.4 is 11.1 Å². The van der Waals surface area contributed by atoms with Crippen molar-refractivity contribution >= 4 is 5.91 Å². The third-order valence-electron chi connectivity index (χ3n) is 4.29. The average molecular weight is 389 g/mol. The number of oxazole rings is 1. The van der Waals surface area contributed by atoms with Crippen LogP contribution in [0.2, 0.25) is 0 Å². The van der Waals surface area contributed by atoms with Gasteiger partial charge in [0.1, 0.15) is 0 Å². The van der Waals surface area contributed by atoms with Crippen LogP contribution in [0.4, 0.5) is 0 Å². The van der Waals surface area contributed by atoms with Gasteiger partial charge in [0, 0.05) is 17.7 Å². The highest BCUT2D eigenvalue weighted by Crippen LogP contribution is 2.32. The number of benzene rings is 2. The molecule has 4 rings (SSSR count). The first-order chi connectivity index (χ1) is 14.1. The molecule has 0 bridgehead atoms. The zero-order valence-corrected chi connectivity index (χ0v) is 15.7. The lowest BCUT2D eigenvalue weighted by Crippen LogP contribution is -2.37. The molecule has 146 valence electrons. The molecule has 2 aromatic heterocycles. The molecule has 0 unspecified atom stereocenters. The molecule has 1 amide bonds. The van der Waals surface area contributed by atoms with E-state index >= 15 is 0 Å². The van der Waals surface area contributed by atoms with Crippen LogP contribution >= 0.6 is 0 Å². The molecule has 2 heterocycles. The summed E-state index contributed by atoms with van der Waals surface area (Å²) in [7, 11) is 0. The van der Waals surface area contributed by atoms with Gasteiger partial charge < -0.3 is 19.9 Å². The summed E-state index contributed by atoms with van der Waals surface area (Å²) in [5.74, 6) is 0.967. The quantitative estimate of drug-likeness (QED) is 0.520. The molecule has 0 saturated heterocycles. The summed E-state index contributed by atoms with van der Waals surface area (Å²) in [5.41, 5.74) is 8.53. The number of aromatic nitrogens is 3. The lowest BCUT2D eigenvalue weighted by atomic mass is 10.1. The van der Waals surface area contributed by atoms with Crippen molar-refractivity contribution in [1.82, 2.24) is 20.5 Å². The molecule has 0 fully saturated rings. The molecule has 29 heavy (non-hydrogen) atoms. The van der Waals surface area contributed by atoms with Crippen LogP contribution in [0, 0.1) is 0 Å². The Kier molecular flexibility index (Phi) is 5.17. The Morgan fingerprint density at radius 2 is 1.83 bits per heavy atom. The molecule has 3 N–H and O–H groups in total. The van der Waals surface area contributed by atoms with Crippen LogP contribution in [0.15, 0.2) is 69.8 Å². The van der Waals surface area contributed by atoms with E-state index < -0.39 is 6.04 Å². The molecule has 4 aromatic rings. The summed E-state index contributed by atoms with van der Waals surface area (Å²) in [4.78, 5) is 15.9. The molecule has 8 heteroatoms. The first-order valence-corrected chi connectivity index (χ1v) is 9.07. The highest BCUT2D eigenvalue weighted by molar-refractivity contribution is 5.81. The topological polar surface area (TPSA) is 120 Å². The summed E-state index contributed by atoms with van der Waals surface area (Å²) in [6, 6.07) is 16.5. The number of hydrogen-bond donors (Lipinski definition) is 2. The van der Waals surface area contributed by atoms with Gasteiger partial charge in [-0.15, -0.1) is 10.2 Å². The van der Waals surface area contributed by atoms with E-state index in [4.69, 9.17) is 14.6 Å². The fourth-order valence-corrected chi connectivity index (χ4v) is 2.79. The molecular weight excluding hydrogens is 370 g/mol. The third kappa shape index (κ3) is 4.07. The number of carbonyl (C=O) groups excluding carboxylic acids is 1. The SMILES string of the molecule is C[C@H](N)C(=O)NCc1cccc(-c2ocnc2-c2nnc(-c3ccccc3)o2)c1. The molecule has 1 atom stereocenters. The van der Waals surface area contributed by atoms with Gasteiger partial charge in [0.05, 0.1) is 6.04 Å². The van der Waals surface area contributed by atoms with Gasteiger partial charge in [-0.2, -0.15) is 0 Å². The van der Waals surface area contributed by atoms with Crippen LogP contribution in [-0.2, 0) is 11.3 Å². The molecular formula is C21H19N5O3. The van der Waals surface area contributed by atoms with Crippen molar-refractivity contribution in [3.05, 3.63) is 66.6 Å². The number of nitrogens with one attached hydrogen (secondary N) is 1. The summed E-state index contributed by atoms with van der Waals surface area (Å²) in [6.07, 6.45) is 1.33. The molecule has 8 nitrogen and oxygen atoms in total. The van der Waals surface area contributed by atoms with E-state index in [-0.39, 0.29) is 11.8 Å². The van der Waals surface area contributed by atoms with Crippen molar-refractivity contribution in [1.29, 1.82) is 0 Å². The van der Waals surface area contributed by atoms with Gasteiger partial charge in [-0.3, -0.25) is 4.79 Å². The van der Waals surface area contributed by atoms with Crippen molar-refractivity contribution in [2.45, 2.75) is 19.5 Å². The van der Waals surface area contributed by atoms with E-state index in [0.717, 1.165) is 16.7 Å². The Morgan fingerprint density at radius 1 is 1.07 bits per heavy atom. The van der Waals surface area contributed by atoms with E-state index in [2.05, 4.69) is 20.5 Å². The Labute approximate surface area is 166 Å². The highest BCUT2D eigenvalue weighted by atomic mass is 16.4. The monoisotopic (exact) mass is 389 g/mol. The van der Waals surface area contributed by atoms with Crippen molar-refractivity contribution < 1.29 is 13.6 Å². The predicted molar refractivity (Wildman–Crippen MR) is 106 cm³/mol. The van der Waals surface area contributed by atoms with E-state index in [9.17, 15) is 4.79 Å². The second-order valence-electron chi connectivity index (χ2n) is 6.52. The van der Waals surface area contributed by atoms with Gasteiger partial charge >= 0.3 is 0 Å². The van der Waals surface area contributed by atoms with Gasteiger partial charge in [0.2, 0.25) is 11.8 Å². The zero-order valence-electron chi connectivity index (χ0n) is 15.7. The second kappa shape index (κ2) is 8.07. The zero-order chi connectivity index (χ0) is 20.2. The highest BCUT2D eigenvalue weighted by Gasteiger charge is 2.19. The number of nitrogens with zero attached hydrogens (tertiary/aromatic N) is 3. The van der Waals surface area contributed by atoms with Gasteiger partial charge in [0.25, 0.3) is 5.89 Å². The molecule has 2 aromatic carbocycles. The maximum absolute atomic E-state index is 11.7. The van der Waals surface area contributed by atoms with Crippen LogP contribution in [0.1, 0.15) is 12.5 Å². The van der Waals surface area contributed by atoms with E-state index in [1.807, 2.05) is 54.6 Å². The summed E-state index contributed by atoms with van der Waals surface area (Å²) in [5, 5.41) is 11.0. The fourth-order valence-electron chi connectivity index (χ4n) is 2.79. The summed E-state index contributed by atoms with van der Waals surface area (Å²) in [6.45, 7) is 2.00. The molecule has 0 radical (unpaired) electrons. The number of carbonyl (C=O) groups is 1. The smallest absolute Gasteiger partial charge is 0.270 e. The molecule has 0 aliphatic carbocycles. The van der Waals surface area contributed by atoms with Crippen LogP contribution in [0.5, 0.6) is 0 Å². The Balaban J connectivity index is 1.59. The van der Waals surface area contributed by atoms with E-state index in [0.29, 0.717) is 23.9 Å². The minimum atomic E-state index is -0.560. The first-order valence-electron chi connectivity index (χ1n) is 9.07. The molecule has 0 saturated carbocycles. The Morgan fingerprint density at radius 3 is 2.62 bits per heavy atom. The molecule has 0 aliphatic heterocycles. The number of rotatable bonds is 6. The minimum absolute atomic E-state index is 0.213. The number of amides is 1. The van der Waals surface area contributed by atoms with Crippen molar-refractivity contribution in [2.75, 3.05) is 0 Å². The largest absolute Gasteiger partial charge is 0.443 e. The van der Waals surface area contributed by atoms with Crippen LogP contribution in [-0.4, -0.2) is 27.1 Å². The average Bonchev–Trinajstić information content (AvgIpc) is 3.42. The maximum atomic E-state index is 11.7. The number of nitrogens with two attached hydrogens (primary N) is 1. The Hall–Kier alpha value is -3.78. The normalized spacial score (nSPS) is 11.9. The lowest BCUT2D eigenvalue weighted by Gasteiger charge is -2.08. The van der Waals surface area contributed by atoms with E-state index in [1.165, 1.54) is 6.39 Å². The Bertz CT molecular complexity index is 1120. The van der Waals surface area contributed by atoms with Gasteiger partial charge in [-0.1, -0.05) is 36.4 Å². The summed E-state index contributed by atoms with van der Waals surface area (Å²) < 4.78 is 11.4. The lowest BCUT2D eigenvalue weighted by molar-refractivity contribution is -0.122. The van der Waals surface area contributed by atoms with Crippen molar-refractivity contribution in [2.24, 2.45) is 5.73 Å². The maximum Gasteiger partial charge on any atom is 0.270 e. The van der Waals surface area contributed by atoms with Gasteiger partial charge in [-0.25, -0.2) is 4.98 Å².